The van der Waals surface area contributed by atoms with E-state index in [2.05, 4.69) is 43.0 Å². The third kappa shape index (κ3) is 3.22. The van der Waals surface area contributed by atoms with E-state index >= 15 is 0 Å². The zero-order chi connectivity index (χ0) is 17.2. The molecule has 2 nitrogen and oxygen atoms in total. The number of hydrogen-bond donors (Lipinski definition) is 0. The minimum Gasteiger partial charge on any atom is -0.501 e. The molecule has 1 aromatic rings. The van der Waals surface area contributed by atoms with E-state index in [0.717, 1.165) is 35.9 Å². The van der Waals surface area contributed by atoms with Gasteiger partial charge in [0.25, 0.3) is 0 Å². The third-order valence-electron chi connectivity index (χ3n) is 5.93. The highest BCUT2D eigenvalue weighted by Gasteiger charge is 2.30. The summed E-state index contributed by atoms with van der Waals surface area (Å²) < 4.78 is 5.49. The molecule has 0 spiro atoms. The lowest BCUT2D eigenvalue weighted by Gasteiger charge is -2.27. The van der Waals surface area contributed by atoms with Gasteiger partial charge in [0.2, 0.25) is 0 Å². The standard InChI is InChI=1S/C23H27NO/c1-16(25-2)21-15-20-9-6-10-22(20)24-23(21)19-13-11-18(12-14-19)17-7-4-3-5-8-17/h9-14,17,21H,1,3-8,15H2,2H3. The molecule has 0 radical (unpaired) electrons. The Morgan fingerprint density at radius 1 is 1.08 bits per heavy atom. The zero-order valence-electron chi connectivity index (χ0n) is 15.1. The van der Waals surface area contributed by atoms with Crippen LogP contribution < -0.4 is 0 Å². The van der Waals surface area contributed by atoms with E-state index in [0.29, 0.717) is 0 Å². The number of ether oxygens (including phenoxy) is 1. The average Bonchev–Trinajstić information content (AvgIpc) is 3.15. The molecule has 25 heavy (non-hydrogen) atoms. The van der Waals surface area contributed by atoms with Crippen LogP contribution in [0.2, 0.25) is 0 Å². The fraction of sp³-hybridized carbons (Fsp3) is 0.435. The van der Waals surface area contributed by atoms with Crippen LogP contribution in [-0.2, 0) is 4.74 Å². The van der Waals surface area contributed by atoms with E-state index < -0.39 is 0 Å². The summed E-state index contributed by atoms with van der Waals surface area (Å²) in [5.74, 6) is 1.70. The van der Waals surface area contributed by atoms with Gasteiger partial charge in [-0.15, -0.1) is 0 Å². The van der Waals surface area contributed by atoms with Crippen molar-refractivity contribution in [3.63, 3.8) is 0 Å². The fourth-order valence-electron chi connectivity index (χ4n) is 4.41. The van der Waals surface area contributed by atoms with Crippen LogP contribution in [-0.4, -0.2) is 12.8 Å². The molecule has 2 aliphatic carbocycles. The van der Waals surface area contributed by atoms with Crippen molar-refractivity contribution in [3.05, 3.63) is 71.2 Å². The molecule has 0 saturated heterocycles. The SMILES string of the molecule is C=C(OC)C1CC2=CCC=C2N=C1c1ccc(C2CCCCC2)cc1. The van der Waals surface area contributed by atoms with Crippen LogP contribution in [0.1, 0.15) is 62.0 Å². The molecule has 0 amide bonds. The molecule has 0 aromatic heterocycles. The molecule has 1 saturated carbocycles. The third-order valence-corrected chi connectivity index (χ3v) is 5.93. The Morgan fingerprint density at radius 3 is 2.56 bits per heavy atom. The number of fused-ring (bicyclic) bond motifs is 1. The predicted molar refractivity (Wildman–Crippen MR) is 104 cm³/mol. The summed E-state index contributed by atoms with van der Waals surface area (Å²) in [6.07, 6.45) is 13.3. The number of rotatable bonds is 4. The van der Waals surface area contributed by atoms with Crippen molar-refractivity contribution in [2.24, 2.45) is 10.9 Å². The van der Waals surface area contributed by atoms with E-state index in [1.807, 2.05) is 0 Å². The van der Waals surface area contributed by atoms with Gasteiger partial charge >= 0.3 is 0 Å². The minimum atomic E-state index is 0.145. The lowest BCUT2D eigenvalue weighted by molar-refractivity contribution is 0.263. The van der Waals surface area contributed by atoms with Gasteiger partial charge in [-0.3, -0.25) is 4.99 Å². The van der Waals surface area contributed by atoms with E-state index in [4.69, 9.17) is 9.73 Å². The van der Waals surface area contributed by atoms with Crippen LogP contribution in [0.5, 0.6) is 0 Å². The van der Waals surface area contributed by atoms with Crippen LogP contribution in [0.15, 0.2) is 65.0 Å². The van der Waals surface area contributed by atoms with Crippen molar-refractivity contribution in [2.75, 3.05) is 7.11 Å². The monoisotopic (exact) mass is 333 g/mol. The first-order valence-electron chi connectivity index (χ1n) is 9.57. The number of hydrogen-bond acceptors (Lipinski definition) is 2. The fourth-order valence-corrected chi connectivity index (χ4v) is 4.41. The van der Waals surface area contributed by atoms with E-state index in [1.165, 1.54) is 48.8 Å². The molecular weight excluding hydrogens is 306 g/mol. The molecule has 0 bridgehead atoms. The summed E-state index contributed by atoms with van der Waals surface area (Å²) >= 11 is 0. The van der Waals surface area contributed by atoms with Crippen LogP contribution in [0, 0.1) is 5.92 Å². The van der Waals surface area contributed by atoms with Gasteiger partial charge in [0.05, 0.1) is 30.2 Å². The van der Waals surface area contributed by atoms with Gasteiger partial charge in [-0.1, -0.05) is 62.3 Å². The Bertz CT molecular complexity index is 745. The highest BCUT2D eigenvalue weighted by molar-refractivity contribution is 6.05. The summed E-state index contributed by atoms with van der Waals surface area (Å²) in [4.78, 5) is 4.98. The second kappa shape index (κ2) is 7.03. The summed E-state index contributed by atoms with van der Waals surface area (Å²) in [5, 5.41) is 0. The summed E-state index contributed by atoms with van der Waals surface area (Å²) in [5.41, 5.74) is 6.28. The summed E-state index contributed by atoms with van der Waals surface area (Å²) in [7, 11) is 1.71. The van der Waals surface area contributed by atoms with E-state index in [1.54, 1.807) is 7.11 Å². The maximum Gasteiger partial charge on any atom is 0.0978 e. The van der Waals surface area contributed by atoms with E-state index in [-0.39, 0.29) is 5.92 Å². The molecule has 1 aliphatic heterocycles. The van der Waals surface area contributed by atoms with Gasteiger partial charge in [-0.05, 0) is 48.3 Å². The maximum atomic E-state index is 5.49. The number of aliphatic imine (C=N–C) groups is 1. The Hall–Kier alpha value is -2.09. The minimum absolute atomic E-state index is 0.145. The van der Waals surface area contributed by atoms with Gasteiger partial charge in [0.15, 0.2) is 0 Å². The van der Waals surface area contributed by atoms with Gasteiger partial charge in [0, 0.05) is 0 Å². The number of benzene rings is 1. The van der Waals surface area contributed by atoms with Crippen molar-refractivity contribution in [2.45, 2.75) is 50.9 Å². The van der Waals surface area contributed by atoms with Gasteiger partial charge in [0.1, 0.15) is 0 Å². The molecule has 130 valence electrons. The number of allylic oxidation sites excluding steroid dienone is 4. The van der Waals surface area contributed by atoms with Gasteiger partial charge in [-0.25, -0.2) is 0 Å². The van der Waals surface area contributed by atoms with Crippen LogP contribution >= 0.6 is 0 Å². The Labute approximate surface area is 151 Å². The molecule has 2 heteroatoms. The lowest BCUT2D eigenvalue weighted by Crippen LogP contribution is -2.23. The van der Waals surface area contributed by atoms with Crippen LogP contribution in [0.3, 0.4) is 0 Å². The molecule has 0 N–H and O–H groups in total. The Balaban J connectivity index is 1.64. The predicted octanol–water partition coefficient (Wildman–Crippen LogP) is 5.92. The van der Waals surface area contributed by atoms with Crippen molar-refractivity contribution in [1.82, 2.24) is 0 Å². The molecule has 1 aromatic carbocycles. The highest BCUT2D eigenvalue weighted by Crippen LogP contribution is 2.38. The second-order valence-electron chi connectivity index (χ2n) is 7.44. The smallest absolute Gasteiger partial charge is 0.0978 e. The molecule has 3 aliphatic rings. The topological polar surface area (TPSA) is 21.6 Å². The lowest BCUT2D eigenvalue weighted by atomic mass is 9.82. The normalized spacial score (nSPS) is 23.4. The van der Waals surface area contributed by atoms with Crippen LogP contribution in [0.25, 0.3) is 0 Å². The van der Waals surface area contributed by atoms with Gasteiger partial charge in [-0.2, -0.15) is 0 Å². The number of nitrogens with zero attached hydrogens (tertiary/aromatic N) is 1. The molecule has 1 heterocycles. The molecular formula is C23H27NO. The average molecular weight is 333 g/mol. The van der Waals surface area contributed by atoms with Crippen molar-refractivity contribution >= 4 is 5.71 Å². The molecule has 1 unspecified atom stereocenters. The molecule has 1 fully saturated rings. The van der Waals surface area contributed by atoms with Crippen LogP contribution in [0.4, 0.5) is 0 Å². The van der Waals surface area contributed by atoms with Crippen molar-refractivity contribution < 1.29 is 4.74 Å². The second-order valence-corrected chi connectivity index (χ2v) is 7.44. The molecule has 4 rings (SSSR count). The van der Waals surface area contributed by atoms with Crippen molar-refractivity contribution in [3.8, 4) is 0 Å². The first-order chi connectivity index (χ1) is 12.3. The summed E-state index contributed by atoms with van der Waals surface area (Å²) in [6.45, 7) is 4.13. The molecule has 1 atom stereocenters. The summed E-state index contributed by atoms with van der Waals surface area (Å²) in [6, 6.07) is 9.13. The Morgan fingerprint density at radius 2 is 1.84 bits per heavy atom. The van der Waals surface area contributed by atoms with Crippen molar-refractivity contribution in [1.29, 1.82) is 0 Å². The highest BCUT2D eigenvalue weighted by atomic mass is 16.5. The first kappa shape index (κ1) is 16.4. The number of methoxy groups -OCH3 is 1. The zero-order valence-corrected chi connectivity index (χ0v) is 15.1. The van der Waals surface area contributed by atoms with E-state index in [9.17, 15) is 0 Å². The Kier molecular flexibility index (Phi) is 4.61. The maximum absolute atomic E-state index is 5.49. The van der Waals surface area contributed by atoms with Gasteiger partial charge < -0.3 is 4.74 Å². The quantitative estimate of drug-likeness (QED) is 0.627. The first-order valence-corrected chi connectivity index (χ1v) is 9.57. The largest absolute Gasteiger partial charge is 0.501 e.